The van der Waals surface area contributed by atoms with Crippen LogP contribution in [0.2, 0.25) is 5.02 Å². The SMILES string of the molecule is CC[C@H]1CCC[C@H](O[C@H]2CC[C@H](N(C)C)C(C)O2)[C@@H](C)C(=O)C2=C[C@@H]3C(c4nc(Nc5ccccc5Cl)sc4C4C[C@@H](O[C@@H]5OC(C)[C@H](OC)C(OC)C5OC)C[C@H]43)[C@@H]2CC(=O)O1. The second kappa shape index (κ2) is 20.2. The molecule has 8 rings (SSSR count). The molecule has 4 heterocycles. The van der Waals surface area contributed by atoms with Gasteiger partial charge < -0.3 is 48.1 Å². The molecule has 2 aromatic rings. The Hall–Kier alpha value is -2.50. The molecule has 1 aromatic carbocycles. The molecular weight excluding hydrogens is 846 g/mol. The number of benzene rings is 1. The summed E-state index contributed by atoms with van der Waals surface area (Å²) in [5.41, 5.74) is 2.37. The first kappa shape index (κ1) is 47.0. The Kier molecular flexibility index (Phi) is 15.0. The second-order valence-corrected chi connectivity index (χ2v) is 20.3. The number of carbonyl (C=O) groups is 2. The summed E-state index contributed by atoms with van der Waals surface area (Å²) in [4.78, 5) is 38.0. The number of para-hydroxylation sites is 1. The molecule has 1 N–H and O–H groups in total. The van der Waals surface area contributed by atoms with Crippen LogP contribution in [-0.2, 0) is 47.5 Å². The molecule has 3 aliphatic carbocycles. The van der Waals surface area contributed by atoms with Gasteiger partial charge >= 0.3 is 5.97 Å². The van der Waals surface area contributed by atoms with Crippen LogP contribution < -0.4 is 5.32 Å². The highest BCUT2D eigenvalue weighted by atomic mass is 35.5. The third-order valence-corrected chi connectivity index (χ3v) is 16.5. The van der Waals surface area contributed by atoms with E-state index in [-0.39, 0.29) is 84.6 Å². The number of likely N-dealkylation sites (N-methyl/N-ethyl adjacent to an activating group) is 1. The molecule has 1 aromatic heterocycles. The molecule has 348 valence electrons. The molecule has 3 aliphatic heterocycles. The van der Waals surface area contributed by atoms with E-state index in [0.717, 1.165) is 53.5 Å². The van der Waals surface area contributed by atoms with Gasteiger partial charge in [-0.2, -0.15) is 0 Å². The number of methoxy groups -OCH3 is 3. The zero-order chi connectivity index (χ0) is 44.7. The summed E-state index contributed by atoms with van der Waals surface area (Å²) < 4.78 is 50.5. The van der Waals surface area contributed by atoms with Crippen molar-refractivity contribution in [3.8, 4) is 0 Å². The Labute approximate surface area is 382 Å². The minimum Gasteiger partial charge on any atom is -0.462 e. The van der Waals surface area contributed by atoms with Gasteiger partial charge in [0.2, 0.25) is 0 Å². The number of esters is 1. The van der Waals surface area contributed by atoms with Gasteiger partial charge in [0.25, 0.3) is 0 Å². The summed E-state index contributed by atoms with van der Waals surface area (Å²) in [5, 5.41) is 4.81. The Morgan fingerprint density at radius 3 is 2.37 bits per heavy atom. The van der Waals surface area contributed by atoms with E-state index >= 15 is 4.79 Å². The second-order valence-electron chi connectivity index (χ2n) is 18.9. The average molecular weight is 915 g/mol. The van der Waals surface area contributed by atoms with Crippen LogP contribution in [0.1, 0.15) is 108 Å². The fourth-order valence-electron chi connectivity index (χ4n) is 11.8. The van der Waals surface area contributed by atoms with Crippen molar-refractivity contribution in [1.82, 2.24) is 9.88 Å². The molecule has 17 atom stereocenters. The zero-order valence-electron chi connectivity index (χ0n) is 38.3. The molecular formula is C48H68ClN3O10S. The fraction of sp³-hybridized carbons (Fsp3) is 0.729. The third-order valence-electron chi connectivity index (χ3n) is 15.0. The van der Waals surface area contributed by atoms with E-state index in [1.807, 2.05) is 38.1 Å². The van der Waals surface area contributed by atoms with Crippen LogP contribution in [0.25, 0.3) is 0 Å². The zero-order valence-corrected chi connectivity index (χ0v) is 39.9. The van der Waals surface area contributed by atoms with E-state index in [2.05, 4.69) is 44.2 Å². The van der Waals surface area contributed by atoms with Gasteiger partial charge in [-0.25, -0.2) is 4.98 Å². The van der Waals surface area contributed by atoms with Crippen molar-refractivity contribution < 1.29 is 47.5 Å². The molecule has 0 radical (unpaired) electrons. The Bertz CT molecular complexity index is 1950. The molecule has 15 heteroatoms. The van der Waals surface area contributed by atoms with E-state index < -0.39 is 30.5 Å². The maximum atomic E-state index is 15.2. The lowest BCUT2D eigenvalue weighted by atomic mass is 9.67. The Morgan fingerprint density at radius 1 is 0.905 bits per heavy atom. The number of carbonyl (C=O) groups excluding carboxylic acids is 2. The predicted molar refractivity (Wildman–Crippen MR) is 240 cm³/mol. The maximum absolute atomic E-state index is 15.2. The molecule has 6 unspecified atom stereocenters. The van der Waals surface area contributed by atoms with E-state index in [9.17, 15) is 4.79 Å². The highest BCUT2D eigenvalue weighted by molar-refractivity contribution is 7.15. The summed E-state index contributed by atoms with van der Waals surface area (Å²) in [6, 6.07) is 7.94. The van der Waals surface area contributed by atoms with Crippen molar-refractivity contribution in [2.75, 3.05) is 40.7 Å². The smallest absolute Gasteiger partial charge is 0.306 e. The van der Waals surface area contributed by atoms with Gasteiger partial charge in [0, 0.05) is 55.9 Å². The molecule has 0 bridgehead atoms. The number of hydrogen-bond donors (Lipinski definition) is 1. The van der Waals surface area contributed by atoms with Crippen molar-refractivity contribution in [2.45, 2.75) is 165 Å². The Morgan fingerprint density at radius 2 is 1.67 bits per heavy atom. The number of fused-ring (bicyclic) bond motifs is 8. The van der Waals surface area contributed by atoms with Crippen LogP contribution in [0, 0.1) is 23.7 Å². The molecule has 6 aliphatic rings. The number of halogens is 1. The number of nitrogens with zero attached hydrogens (tertiary/aromatic N) is 2. The average Bonchev–Trinajstić information content (AvgIpc) is 3.98. The van der Waals surface area contributed by atoms with Crippen LogP contribution in [0.15, 0.2) is 35.9 Å². The number of hydrogen-bond acceptors (Lipinski definition) is 14. The quantitative estimate of drug-likeness (QED) is 0.216. The van der Waals surface area contributed by atoms with Crippen molar-refractivity contribution in [1.29, 1.82) is 0 Å². The lowest BCUT2D eigenvalue weighted by Crippen LogP contribution is -2.59. The number of nitrogens with one attached hydrogen (secondary N) is 1. The van der Waals surface area contributed by atoms with Crippen molar-refractivity contribution in [3.63, 3.8) is 0 Å². The number of Topliss-reactive ketones (excluding diaryl/α,β-unsaturated/α-hetero) is 1. The standard InChI is InChI=1S/C48H68ClN3O10S/c1-10-27-14-13-17-37(62-39-19-18-36(52(5)6)25(3)58-39)24(2)42(54)32-22-30-29-20-28(61-47-45(57-9)44(56-8)43(55-7)26(4)59-47)21-33(29)46-41(40(30)31(32)23-38(53)60-27)51-48(63-46)50-35-16-12-11-15-34(35)49/h11-12,15-16,22,24-31,33,36-37,39-40,43-45,47H,10,13-14,17-21,23H2,1-9H3,(H,50,51)/t24-,25?,26?,27+,28+,29+,30+,31-,33?,36+,37+,39+,40?,43+,44?,45?,47+/m1/s1. The molecule has 1 saturated carbocycles. The van der Waals surface area contributed by atoms with Crippen molar-refractivity contribution >= 4 is 45.5 Å². The topological polar surface area (TPSA) is 136 Å². The van der Waals surface area contributed by atoms with Crippen molar-refractivity contribution in [2.24, 2.45) is 23.7 Å². The van der Waals surface area contributed by atoms with Gasteiger partial charge in [0.05, 0.1) is 47.2 Å². The summed E-state index contributed by atoms with van der Waals surface area (Å²) in [7, 11) is 9.13. The summed E-state index contributed by atoms with van der Waals surface area (Å²) in [6.07, 6.45) is 4.96. The van der Waals surface area contributed by atoms with Crippen LogP contribution in [0.5, 0.6) is 0 Å². The van der Waals surface area contributed by atoms with Crippen LogP contribution >= 0.6 is 22.9 Å². The summed E-state index contributed by atoms with van der Waals surface area (Å²) >= 11 is 8.28. The van der Waals surface area contributed by atoms with E-state index in [1.165, 1.54) is 0 Å². The number of anilines is 2. The van der Waals surface area contributed by atoms with E-state index in [4.69, 9.17) is 54.5 Å². The fourth-order valence-corrected chi connectivity index (χ4v) is 13.2. The number of cyclic esters (lactones) is 1. The normalized spacial score (nSPS) is 39.6. The number of ketones is 1. The van der Waals surface area contributed by atoms with E-state index in [1.54, 1.807) is 32.7 Å². The number of rotatable bonds is 11. The van der Waals surface area contributed by atoms with Crippen LogP contribution in [0.4, 0.5) is 10.8 Å². The number of aromatic nitrogens is 1. The summed E-state index contributed by atoms with van der Waals surface area (Å²) in [6.45, 7) is 8.14. The van der Waals surface area contributed by atoms with Crippen molar-refractivity contribution in [3.05, 3.63) is 51.5 Å². The minimum atomic E-state index is -0.678. The first-order valence-electron chi connectivity index (χ1n) is 23.2. The lowest BCUT2D eigenvalue weighted by molar-refractivity contribution is -0.314. The lowest BCUT2D eigenvalue weighted by Gasteiger charge is -2.44. The molecule has 0 amide bonds. The number of ether oxygens (including phenoxy) is 8. The summed E-state index contributed by atoms with van der Waals surface area (Å²) in [5.74, 6) is -1.22. The number of allylic oxidation sites excluding steroid dienone is 2. The van der Waals surface area contributed by atoms with Gasteiger partial charge in [0.1, 0.15) is 24.4 Å². The Balaban J connectivity index is 1.14. The van der Waals surface area contributed by atoms with Gasteiger partial charge in [-0.05, 0) is 109 Å². The van der Waals surface area contributed by atoms with Gasteiger partial charge in [0.15, 0.2) is 23.5 Å². The number of thiazole rings is 1. The molecule has 0 spiro atoms. The van der Waals surface area contributed by atoms with Crippen LogP contribution in [-0.4, -0.2) is 125 Å². The first-order chi connectivity index (χ1) is 30.3. The maximum Gasteiger partial charge on any atom is 0.306 e. The van der Waals surface area contributed by atoms with Gasteiger partial charge in [-0.3, -0.25) is 9.59 Å². The highest BCUT2D eigenvalue weighted by Crippen LogP contribution is 2.63. The highest BCUT2D eigenvalue weighted by Gasteiger charge is 2.57. The predicted octanol–water partition coefficient (Wildman–Crippen LogP) is 8.42. The van der Waals surface area contributed by atoms with Gasteiger partial charge in [-0.1, -0.05) is 43.7 Å². The monoisotopic (exact) mass is 913 g/mol. The van der Waals surface area contributed by atoms with Gasteiger partial charge in [-0.15, -0.1) is 11.3 Å². The van der Waals surface area contributed by atoms with E-state index in [0.29, 0.717) is 35.9 Å². The molecule has 4 fully saturated rings. The third kappa shape index (κ3) is 9.55. The molecule has 63 heavy (non-hydrogen) atoms. The minimum absolute atomic E-state index is 0.00107. The molecule has 3 saturated heterocycles. The molecule has 13 nitrogen and oxygen atoms in total. The first-order valence-corrected chi connectivity index (χ1v) is 24.4. The largest absolute Gasteiger partial charge is 0.462 e. The van der Waals surface area contributed by atoms with Crippen LogP contribution in [0.3, 0.4) is 0 Å².